The Morgan fingerprint density at radius 1 is 1.38 bits per heavy atom. The van der Waals surface area contributed by atoms with Crippen LogP contribution in [-0.2, 0) is 6.42 Å². The molecule has 0 saturated heterocycles. The number of imidazole rings is 1. The smallest absolute Gasteiger partial charge is 0.111 e. The zero-order valence-electron chi connectivity index (χ0n) is 12.8. The van der Waals surface area contributed by atoms with Gasteiger partial charge in [-0.05, 0) is 49.6 Å². The predicted molar refractivity (Wildman–Crippen MR) is 93.7 cm³/mol. The van der Waals surface area contributed by atoms with Crippen molar-refractivity contribution in [3.8, 4) is 0 Å². The lowest BCUT2D eigenvalue weighted by atomic mass is 10.2. The highest BCUT2D eigenvalue weighted by atomic mass is 35.5. The fourth-order valence-corrected chi connectivity index (χ4v) is 4.76. The molecule has 21 heavy (non-hydrogen) atoms. The molecule has 2 unspecified atom stereocenters. The van der Waals surface area contributed by atoms with Gasteiger partial charge in [-0.2, -0.15) is 11.8 Å². The average molecular weight is 323 g/mol. The van der Waals surface area contributed by atoms with E-state index >= 15 is 0 Å². The lowest BCUT2D eigenvalue weighted by Gasteiger charge is -2.17. The molecule has 1 aromatic carbocycles. The number of thioether (sulfide) groups is 1. The van der Waals surface area contributed by atoms with Gasteiger partial charge < -0.3 is 4.57 Å². The van der Waals surface area contributed by atoms with Gasteiger partial charge in [0.25, 0.3) is 0 Å². The van der Waals surface area contributed by atoms with E-state index in [2.05, 4.69) is 48.4 Å². The number of hydrogen-bond acceptors (Lipinski definition) is 2. The Bertz CT molecular complexity index is 623. The lowest BCUT2D eigenvalue weighted by Crippen LogP contribution is -2.11. The Hall–Kier alpha value is -0.670. The van der Waals surface area contributed by atoms with Crippen LogP contribution >= 0.6 is 23.4 Å². The third kappa shape index (κ3) is 3.09. The molecule has 0 amide bonds. The average Bonchev–Trinajstić information content (AvgIpc) is 3.03. The van der Waals surface area contributed by atoms with Crippen LogP contribution in [0.25, 0.3) is 11.0 Å². The van der Waals surface area contributed by atoms with Gasteiger partial charge in [0.2, 0.25) is 0 Å². The normalized spacial score (nSPS) is 22.2. The zero-order chi connectivity index (χ0) is 14.8. The third-order valence-corrected chi connectivity index (χ3v) is 5.78. The summed E-state index contributed by atoms with van der Waals surface area (Å²) in [7, 11) is 0. The summed E-state index contributed by atoms with van der Waals surface area (Å²) in [6, 6.07) is 7.17. The molecule has 2 atom stereocenters. The van der Waals surface area contributed by atoms with Crippen LogP contribution in [0.4, 0.5) is 0 Å². The van der Waals surface area contributed by atoms with Crippen molar-refractivity contribution in [2.75, 3.05) is 11.6 Å². The Morgan fingerprint density at radius 3 is 3.00 bits per heavy atom. The second-order valence-corrected chi connectivity index (χ2v) is 7.83. The highest BCUT2D eigenvalue weighted by Gasteiger charge is 2.28. The second-order valence-electron chi connectivity index (χ2n) is 5.87. The number of nitrogens with zero attached hydrogens (tertiary/aromatic N) is 2. The number of alkyl halides is 1. The van der Waals surface area contributed by atoms with E-state index in [9.17, 15) is 0 Å². The monoisotopic (exact) mass is 322 g/mol. The van der Waals surface area contributed by atoms with E-state index in [1.807, 2.05) is 0 Å². The molecule has 0 N–H and O–H groups in total. The number of rotatable bonds is 5. The summed E-state index contributed by atoms with van der Waals surface area (Å²) in [6.07, 6.45) is 4.73. The molecule has 1 aliphatic carbocycles. The van der Waals surface area contributed by atoms with Crippen LogP contribution in [0.3, 0.4) is 0 Å². The summed E-state index contributed by atoms with van der Waals surface area (Å²) >= 11 is 8.10. The van der Waals surface area contributed by atoms with Crippen LogP contribution < -0.4 is 0 Å². The molecule has 0 bridgehead atoms. The summed E-state index contributed by atoms with van der Waals surface area (Å²) < 4.78 is 2.49. The quantitative estimate of drug-likeness (QED) is 0.723. The van der Waals surface area contributed by atoms with Crippen molar-refractivity contribution in [2.24, 2.45) is 0 Å². The Labute approximate surface area is 136 Å². The lowest BCUT2D eigenvalue weighted by molar-refractivity contribution is 0.514. The maximum absolute atomic E-state index is 5.99. The number of aryl methyl sites for hydroxylation is 2. The molecule has 1 saturated carbocycles. The van der Waals surface area contributed by atoms with Crippen molar-refractivity contribution in [1.29, 1.82) is 0 Å². The van der Waals surface area contributed by atoms with Gasteiger partial charge in [-0.3, -0.25) is 0 Å². The van der Waals surface area contributed by atoms with Gasteiger partial charge in [0.15, 0.2) is 0 Å². The molecule has 114 valence electrons. The van der Waals surface area contributed by atoms with Crippen LogP contribution in [0.15, 0.2) is 18.2 Å². The van der Waals surface area contributed by atoms with Gasteiger partial charge in [0, 0.05) is 23.6 Å². The summed E-state index contributed by atoms with van der Waals surface area (Å²) in [5.74, 6) is 3.02. The predicted octanol–water partition coefficient (Wildman–Crippen LogP) is 4.97. The second kappa shape index (κ2) is 6.62. The summed E-state index contributed by atoms with van der Waals surface area (Å²) in [5.41, 5.74) is 3.72. The molecule has 0 spiro atoms. The molecule has 1 aliphatic rings. The van der Waals surface area contributed by atoms with Gasteiger partial charge in [-0.1, -0.05) is 13.0 Å². The molecular formula is C17H23ClN2S. The summed E-state index contributed by atoms with van der Waals surface area (Å²) in [5, 5.41) is 0.811. The Balaban J connectivity index is 1.99. The van der Waals surface area contributed by atoms with Crippen LogP contribution in [0.1, 0.15) is 43.6 Å². The molecule has 0 aliphatic heterocycles. The van der Waals surface area contributed by atoms with E-state index < -0.39 is 0 Å². The van der Waals surface area contributed by atoms with E-state index in [1.165, 1.54) is 36.1 Å². The molecule has 1 heterocycles. The molecule has 0 radical (unpaired) electrons. The van der Waals surface area contributed by atoms with Gasteiger partial charge in [0.1, 0.15) is 5.82 Å². The molecule has 2 nitrogen and oxygen atoms in total. The van der Waals surface area contributed by atoms with E-state index in [0.717, 1.165) is 23.0 Å². The van der Waals surface area contributed by atoms with Crippen LogP contribution in [0.2, 0.25) is 0 Å². The number of aromatic nitrogens is 2. The first kappa shape index (κ1) is 15.2. The van der Waals surface area contributed by atoms with E-state index in [1.54, 1.807) is 0 Å². The first-order valence-electron chi connectivity index (χ1n) is 7.88. The van der Waals surface area contributed by atoms with Crippen molar-refractivity contribution in [3.63, 3.8) is 0 Å². The van der Waals surface area contributed by atoms with Gasteiger partial charge in [-0.25, -0.2) is 4.98 Å². The maximum atomic E-state index is 5.99. The zero-order valence-corrected chi connectivity index (χ0v) is 14.4. The minimum Gasteiger partial charge on any atom is -0.325 e. The standard InChI is InChI=1S/C17H23ClN2S/c1-3-21-14-6-5-13(11-14)20-16-10-12(2)4-7-15(16)19-17(20)8-9-18/h4,7,10,13-14H,3,5-6,8-9,11H2,1-2H3. The van der Waals surface area contributed by atoms with E-state index in [4.69, 9.17) is 16.6 Å². The third-order valence-electron chi connectivity index (χ3n) is 4.36. The highest BCUT2D eigenvalue weighted by Crippen LogP contribution is 2.39. The van der Waals surface area contributed by atoms with Crippen molar-refractivity contribution in [3.05, 3.63) is 29.6 Å². The number of fused-ring (bicyclic) bond motifs is 1. The SMILES string of the molecule is CCSC1CCC(n2c(CCCl)nc3ccc(C)cc32)C1. The van der Waals surface area contributed by atoms with Crippen LogP contribution in [-0.4, -0.2) is 26.4 Å². The Kier molecular flexibility index (Phi) is 4.80. The fraction of sp³-hybridized carbons (Fsp3) is 0.588. The molecular weight excluding hydrogens is 300 g/mol. The van der Waals surface area contributed by atoms with Crippen LogP contribution in [0, 0.1) is 6.92 Å². The first-order chi connectivity index (χ1) is 10.2. The first-order valence-corrected chi connectivity index (χ1v) is 9.46. The van der Waals surface area contributed by atoms with Crippen molar-refractivity contribution >= 4 is 34.4 Å². The molecule has 3 rings (SSSR count). The molecule has 2 aromatic rings. The molecule has 1 aromatic heterocycles. The topological polar surface area (TPSA) is 17.8 Å². The molecule has 4 heteroatoms. The minimum absolute atomic E-state index is 0.596. The van der Waals surface area contributed by atoms with Gasteiger partial charge >= 0.3 is 0 Å². The van der Waals surface area contributed by atoms with Crippen molar-refractivity contribution in [2.45, 2.75) is 50.8 Å². The summed E-state index contributed by atoms with van der Waals surface area (Å²) in [6.45, 7) is 4.41. The number of benzene rings is 1. The van der Waals surface area contributed by atoms with Gasteiger partial charge in [0.05, 0.1) is 11.0 Å². The van der Waals surface area contributed by atoms with E-state index in [-0.39, 0.29) is 0 Å². The van der Waals surface area contributed by atoms with Gasteiger partial charge in [-0.15, -0.1) is 11.6 Å². The fourth-order valence-electron chi connectivity index (χ4n) is 3.46. The number of halogens is 1. The van der Waals surface area contributed by atoms with Crippen LogP contribution in [0.5, 0.6) is 0 Å². The molecule has 1 fully saturated rings. The van der Waals surface area contributed by atoms with E-state index in [0.29, 0.717) is 11.9 Å². The van der Waals surface area contributed by atoms with Crippen molar-refractivity contribution in [1.82, 2.24) is 9.55 Å². The largest absolute Gasteiger partial charge is 0.325 e. The summed E-state index contributed by atoms with van der Waals surface area (Å²) in [4.78, 5) is 4.83. The Morgan fingerprint density at radius 2 is 2.24 bits per heavy atom. The highest BCUT2D eigenvalue weighted by molar-refractivity contribution is 7.99. The van der Waals surface area contributed by atoms with Crippen molar-refractivity contribution < 1.29 is 0 Å². The number of hydrogen-bond donors (Lipinski definition) is 0. The maximum Gasteiger partial charge on any atom is 0.111 e. The minimum atomic E-state index is 0.596.